The summed E-state index contributed by atoms with van der Waals surface area (Å²) in [5.41, 5.74) is 0.380. The third-order valence-electron chi connectivity index (χ3n) is 3.96. The van der Waals surface area contributed by atoms with Crippen molar-refractivity contribution in [1.29, 1.82) is 0 Å². The number of guanidine groups is 1. The minimum absolute atomic E-state index is 0. The number of ether oxygens (including phenoxy) is 1. The molecule has 0 heterocycles. The summed E-state index contributed by atoms with van der Waals surface area (Å²) in [4.78, 5) is 4.80. The van der Waals surface area contributed by atoms with E-state index < -0.39 is 0 Å². The van der Waals surface area contributed by atoms with Gasteiger partial charge in [-0.3, -0.25) is 4.99 Å². The number of aliphatic imine (C=N–C) groups is 1. The first kappa shape index (κ1) is 20.0. The zero-order valence-electron chi connectivity index (χ0n) is 13.3. The molecular formula is C15H32IN3O. The number of nitrogens with one attached hydrogen (secondary N) is 2. The van der Waals surface area contributed by atoms with Crippen LogP contribution in [-0.4, -0.2) is 39.3 Å². The van der Waals surface area contributed by atoms with Crippen molar-refractivity contribution in [1.82, 2.24) is 10.6 Å². The minimum atomic E-state index is 0. The lowest BCUT2D eigenvalue weighted by molar-refractivity contribution is 0.141. The lowest BCUT2D eigenvalue weighted by Gasteiger charge is -2.27. The van der Waals surface area contributed by atoms with Crippen LogP contribution in [0.4, 0.5) is 0 Å². The molecule has 0 aromatic rings. The topological polar surface area (TPSA) is 45.7 Å². The van der Waals surface area contributed by atoms with Gasteiger partial charge in [-0.15, -0.1) is 24.0 Å². The molecule has 0 amide bonds. The molecule has 1 saturated carbocycles. The van der Waals surface area contributed by atoms with Crippen LogP contribution in [0.25, 0.3) is 0 Å². The molecule has 0 bridgehead atoms. The van der Waals surface area contributed by atoms with Crippen LogP contribution in [0.3, 0.4) is 0 Å². The molecule has 0 radical (unpaired) electrons. The Balaban J connectivity index is 0.00000361. The number of rotatable bonds is 8. The Morgan fingerprint density at radius 1 is 1.20 bits per heavy atom. The lowest BCUT2D eigenvalue weighted by atomic mass is 9.83. The molecule has 0 aromatic carbocycles. The van der Waals surface area contributed by atoms with Gasteiger partial charge in [-0.1, -0.05) is 19.8 Å². The highest BCUT2D eigenvalue weighted by atomic mass is 127. The molecular weight excluding hydrogens is 365 g/mol. The molecule has 0 unspecified atom stereocenters. The lowest BCUT2D eigenvalue weighted by Crippen LogP contribution is -2.38. The van der Waals surface area contributed by atoms with E-state index in [1.807, 2.05) is 0 Å². The molecule has 0 aromatic heterocycles. The third kappa shape index (κ3) is 7.11. The average Bonchev–Trinajstić information content (AvgIpc) is 2.89. The zero-order valence-corrected chi connectivity index (χ0v) is 15.7. The second-order valence-corrected chi connectivity index (χ2v) is 5.57. The van der Waals surface area contributed by atoms with Crippen LogP contribution in [0, 0.1) is 5.41 Å². The summed E-state index contributed by atoms with van der Waals surface area (Å²) >= 11 is 0. The minimum Gasteiger partial charge on any atom is -0.385 e. The Hall–Kier alpha value is -0.0400. The fourth-order valence-corrected chi connectivity index (χ4v) is 2.76. The molecule has 1 fully saturated rings. The molecule has 0 spiro atoms. The van der Waals surface area contributed by atoms with E-state index in [4.69, 9.17) is 9.73 Å². The van der Waals surface area contributed by atoms with Gasteiger partial charge < -0.3 is 15.4 Å². The smallest absolute Gasteiger partial charge is 0.191 e. The third-order valence-corrected chi connectivity index (χ3v) is 3.96. The van der Waals surface area contributed by atoms with Gasteiger partial charge in [0.15, 0.2) is 5.96 Å². The quantitative estimate of drug-likeness (QED) is 0.376. The van der Waals surface area contributed by atoms with Crippen LogP contribution in [0.5, 0.6) is 0 Å². The summed E-state index contributed by atoms with van der Waals surface area (Å²) in [5.74, 6) is 0.966. The van der Waals surface area contributed by atoms with Crippen molar-refractivity contribution in [2.45, 2.75) is 52.4 Å². The van der Waals surface area contributed by atoms with Crippen molar-refractivity contribution in [2.24, 2.45) is 10.4 Å². The van der Waals surface area contributed by atoms with Gasteiger partial charge in [-0.2, -0.15) is 0 Å². The van der Waals surface area contributed by atoms with Crippen molar-refractivity contribution in [3.63, 3.8) is 0 Å². The summed E-state index contributed by atoms with van der Waals surface area (Å²) in [5, 5.41) is 6.70. The van der Waals surface area contributed by atoms with Crippen LogP contribution in [0.15, 0.2) is 4.99 Å². The highest BCUT2D eigenvalue weighted by molar-refractivity contribution is 14.0. The molecule has 4 nitrogen and oxygen atoms in total. The highest BCUT2D eigenvalue weighted by Gasteiger charge is 2.33. The number of methoxy groups -OCH3 is 1. The van der Waals surface area contributed by atoms with E-state index in [9.17, 15) is 0 Å². The van der Waals surface area contributed by atoms with Crippen LogP contribution < -0.4 is 10.6 Å². The summed E-state index contributed by atoms with van der Waals surface area (Å²) in [7, 11) is 1.79. The van der Waals surface area contributed by atoms with Gasteiger partial charge in [0, 0.05) is 33.4 Å². The van der Waals surface area contributed by atoms with E-state index >= 15 is 0 Å². The van der Waals surface area contributed by atoms with Gasteiger partial charge in [0.2, 0.25) is 0 Å². The SMILES string of the molecule is CCCNC(=NCC1(CCOC)CCCC1)NCC.I. The molecule has 120 valence electrons. The van der Waals surface area contributed by atoms with Crippen molar-refractivity contribution >= 4 is 29.9 Å². The first-order valence-electron chi connectivity index (χ1n) is 7.77. The van der Waals surface area contributed by atoms with Gasteiger partial charge >= 0.3 is 0 Å². The Bertz CT molecular complexity index is 266. The van der Waals surface area contributed by atoms with E-state index in [1.165, 1.54) is 25.7 Å². The fourth-order valence-electron chi connectivity index (χ4n) is 2.76. The molecule has 0 saturated heterocycles. The highest BCUT2D eigenvalue weighted by Crippen LogP contribution is 2.41. The summed E-state index contributed by atoms with van der Waals surface area (Å²) in [6.45, 7) is 7.97. The van der Waals surface area contributed by atoms with E-state index in [2.05, 4.69) is 24.5 Å². The Labute approximate surface area is 141 Å². The fraction of sp³-hybridized carbons (Fsp3) is 0.933. The monoisotopic (exact) mass is 397 g/mol. The summed E-state index contributed by atoms with van der Waals surface area (Å²) < 4.78 is 5.27. The van der Waals surface area contributed by atoms with Gasteiger partial charge in [-0.25, -0.2) is 0 Å². The van der Waals surface area contributed by atoms with E-state index in [0.717, 1.165) is 45.0 Å². The summed E-state index contributed by atoms with van der Waals surface area (Å²) in [6, 6.07) is 0. The Morgan fingerprint density at radius 2 is 1.90 bits per heavy atom. The van der Waals surface area contributed by atoms with Gasteiger partial charge in [0.1, 0.15) is 0 Å². The van der Waals surface area contributed by atoms with Crippen molar-refractivity contribution < 1.29 is 4.74 Å². The first-order chi connectivity index (χ1) is 9.26. The molecule has 0 aliphatic heterocycles. The molecule has 5 heteroatoms. The predicted molar refractivity (Wildman–Crippen MR) is 97.1 cm³/mol. The standard InChI is InChI=1S/C15H31N3O.HI/c1-4-11-17-14(16-5-2)18-13-15(10-12-19-3)8-6-7-9-15;/h4-13H2,1-3H3,(H2,16,17,18);1H. The predicted octanol–water partition coefficient (Wildman–Crippen LogP) is 3.17. The van der Waals surface area contributed by atoms with Crippen molar-refractivity contribution in [3.05, 3.63) is 0 Å². The van der Waals surface area contributed by atoms with E-state index in [-0.39, 0.29) is 24.0 Å². The maximum absolute atomic E-state index is 5.27. The molecule has 1 rings (SSSR count). The molecule has 2 N–H and O–H groups in total. The van der Waals surface area contributed by atoms with Crippen LogP contribution in [0.2, 0.25) is 0 Å². The number of nitrogens with zero attached hydrogens (tertiary/aromatic N) is 1. The first-order valence-corrected chi connectivity index (χ1v) is 7.77. The van der Waals surface area contributed by atoms with Gasteiger partial charge in [-0.05, 0) is 38.0 Å². The maximum Gasteiger partial charge on any atom is 0.191 e. The Kier molecular flexibility index (Phi) is 11.6. The second kappa shape index (κ2) is 11.6. The van der Waals surface area contributed by atoms with Gasteiger partial charge in [0.05, 0.1) is 0 Å². The van der Waals surface area contributed by atoms with Crippen molar-refractivity contribution in [2.75, 3.05) is 33.4 Å². The molecule has 1 aliphatic rings. The number of hydrogen-bond donors (Lipinski definition) is 2. The van der Waals surface area contributed by atoms with Crippen molar-refractivity contribution in [3.8, 4) is 0 Å². The Morgan fingerprint density at radius 3 is 2.45 bits per heavy atom. The molecule has 20 heavy (non-hydrogen) atoms. The number of hydrogen-bond acceptors (Lipinski definition) is 2. The van der Waals surface area contributed by atoms with Crippen LogP contribution in [0.1, 0.15) is 52.4 Å². The van der Waals surface area contributed by atoms with Crippen LogP contribution in [-0.2, 0) is 4.74 Å². The largest absolute Gasteiger partial charge is 0.385 e. The average molecular weight is 397 g/mol. The maximum atomic E-state index is 5.27. The zero-order chi connectivity index (χ0) is 14.0. The van der Waals surface area contributed by atoms with Gasteiger partial charge in [0.25, 0.3) is 0 Å². The van der Waals surface area contributed by atoms with E-state index in [0.29, 0.717) is 5.41 Å². The number of halogens is 1. The normalized spacial score (nSPS) is 17.6. The summed E-state index contributed by atoms with van der Waals surface area (Å²) in [6.07, 6.45) is 7.55. The molecule has 0 atom stereocenters. The second-order valence-electron chi connectivity index (χ2n) is 5.57. The van der Waals surface area contributed by atoms with Crippen LogP contribution >= 0.6 is 24.0 Å². The molecule has 1 aliphatic carbocycles. The van der Waals surface area contributed by atoms with E-state index in [1.54, 1.807) is 7.11 Å².